The van der Waals surface area contributed by atoms with Crippen LogP contribution in [0, 0.1) is 0 Å². The van der Waals surface area contributed by atoms with Crippen molar-refractivity contribution >= 4 is 26.8 Å². The molecule has 8 heteroatoms. The molecule has 0 bridgehead atoms. The Morgan fingerprint density at radius 3 is 2.52 bits per heavy atom. The SMILES string of the molecule is CCn1c(C(=O)NCc2ccccc2OC)cc2cc(S(=O)(=O)N(C)C)ccc21. The van der Waals surface area contributed by atoms with E-state index in [1.807, 2.05) is 35.8 Å². The molecule has 0 unspecified atom stereocenters. The van der Waals surface area contributed by atoms with Gasteiger partial charge in [-0.25, -0.2) is 12.7 Å². The summed E-state index contributed by atoms with van der Waals surface area (Å²) < 4.78 is 33.2. The first-order chi connectivity index (χ1) is 13.8. The summed E-state index contributed by atoms with van der Waals surface area (Å²) in [5.74, 6) is 0.480. The molecule has 154 valence electrons. The van der Waals surface area contributed by atoms with Gasteiger partial charge in [-0.1, -0.05) is 18.2 Å². The van der Waals surface area contributed by atoms with Gasteiger partial charge in [-0.15, -0.1) is 0 Å². The van der Waals surface area contributed by atoms with Crippen LogP contribution < -0.4 is 10.1 Å². The fourth-order valence-corrected chi connectivity index (χ4v) is 4.20. The largest absolute Gasteiger partial charge is 0.496 e. The third kappa shape index (κ3) is 3.99. The first-order valence-corrected chi connectivity index (χ1v) is 10.7. The van der Waals surface area contributed by atoms with Crippen molar-refractivity contribution in [3.63, 3.8) is 0 Å². The van der Waals surface area contributed by atoms with Crippen molar-refractivity contribution in [3.05, 3.63) is 59.8 Å². The zero-order chi connectivity index (χ0) is 21.2. The number of sulfonamides is 1. The normalized spacial score (nSPS) is 11.8. The Kier molecular flexibility index (Phi) is 5.95. The summed E-state index contributed by atoms with van der Waals surface area (Å²) in [4.78, 5) is 13.1. The highest BCUT2D eigenvalue weighted by molar-refractivity contribution is 7.89. The minimum absolute atomic E-state index is 0.198. The van der Waals surface area contributed by atoms with Crippen LogP contribution in [0.1, 0.15) is 23.0 Å². The fraction of sp³-hybridized carbons (Fsp3) is 0.286. The molecular formula is C21H25N3O4S. The summed E-state index contributed by atoms with van der Waals surface area (Å²) in [6, 6.07) is 14.1. The van der Waals surface area contributed by atoms with E-state index in [2.05, 4.69) is 5.32 Å². The van der Waals surface area contributed by atoms with Crippen molar-refractivity contribution < 1.29 is 17.9 Å². The van der Waals surface area contributed by atoms with Gasteiger partial charge in [-0.3, -0.25) is 4.79 Å². The van der Waals surface area contributed by atoms with Gasteiger partial charge in [0.25, 0.3) is 5.91 Å². The van der Waals surface area contributed by atoms with Crippen molar-refractivity contribution in [3.8, 4) is 5.75 Å². The van der Waals surface area contributed by atoms with Gasteiger partial charge in [0.15, 0.2) is 0 Å². The van der Waals surface area contributed by atoms with Gasteiger partial charge >= 0.3 is 0 Å². The van der Waals surface area contributed by atoms with E-state index >= 15 is 0 Å². The second-order valence-electron chi connectivity index (χ2n) is 6.78. The lowest BCUT2D eigenvalue weighted by molar-refractivity contribution is 0.0942. The Bertz CT molecular complexity index is 1150. The Labute approximate surface area is 170 Å². The number of carbonyl (C=O) groups excluding carboxylic acids is 1. The lowest BCUT2D eigenvalue weighted by Gasteiger charge is -2.12. The summed E-state index contributed by atoms with van der Waals surface area (Å²) >= 11 is 0. The van der Waals surface area contributed by atoms with Gasteiger partial charge < -0.3 is 14.6 Å². The Balaban J connectivity index is 1.93. The molecule has 0 spiro atoms. The molecule has 0 aliphatic rings. The van der Waals surface area contributed by atoms with Crippen molar-refractivity contribution in [2.75, 3.05) is 21.2 Å². The lowest BCUT2D eigenvalue weighted by Crippen LogP contribution is -2.25. The molecular weight excluding hydrogens is 390 g/mol. The number of fused-ring (bicyclic) bond motifs is 1. The predicted molar refractivity (Wildman–Crippen MR) is 113 cm³/mol. The van der Waals surface area contributed by atoms with Crippen LogP contribution in [-0.2, 0) is 23.1 Å². The van der Waals surface area contributed by atoms with Crippen LogP contribution in [0.2, 0.25) is 0 Å². The molecule has 1 heterocycles. The monoisotopic (exact) mass is 415 g/mol. The molecule has 1 N–H and O–H groups in total. The second kappa shape index (κ2) is 8.26. The molecule has 0 saturated carbocycles. The average Bonchev–Trinajstić information content (AvgIpc) is 3.09. The van der Waals surface area contributed by atoms with Gasteiger partial charge in [0.1, 0.15) is 11.4 Å². The van der Waals surface area contributed by atoms with Gasteiger partial charge in [0.2, 0.25) is 10.0 Å². The highest BCUT2D eigenvalue weighted by Crippen LogP contribution is 2.25. The van der Waals surface area contributed by atoms with E-state index in [9.17, 15) is 13.2 Å². The fourth-order valence-electron chi connectivity index (χ4n) is 3.26. The van der Waals surface area contributed by atoms with E-state index in [1.165, 1.54) is 18.4 Å². The Morgan fingerprint density at radius 1 is 1.14 bits per heavy atom. The number of aryl methyl sites for hydroxylation is 1. The van der Waals surface area contributed by atoms with E-state index in [1.54, 1.807) is 31.4 Å². The Morgan fingerprint density at radius 2 is 1.86 bits per heavy atom. The van der Waals surface area contributed by atoms with Crippen LogP contribution in [0.4, 0.5) is 0 Å². The van der Waals surface area contributed by atoms with E-state index in [0.717, 1.165) is 11.1 Å². The average molecular weight is 416 g/mol. The number of para-hydroxylation sites is 1. The number of nitrogens with zero attached hydrogens (tertiary/aromatic N) is 2. The number of benzene rings is 2. The molecule has 0 aliphatic carbocycles. The highest BCUT2D eigenvalue weighted by atomic mass is 32.2. The number of ether oxygens (including phenoxy) is 1. The van der Waals surface area contributed by atoms with Crippen LogP contribution in [0.15, 0.2) is 53.4 Å². The van der Waals surface area contributed by atoms with Crippen molar-refractivity contribution in [1.82, 2.24) is 14.2 Å². The Hall–Kier alpha value is -2.84. The number of carbonyl (C=O) groups is 1. The van der Waals surface area contributed by atoms with Gasteiger partial charge in [-0.05, 0) is 37.3 Å². The summed E-state index contributed by atoms with van der Waals surface area (Å²) in [6.07, 6.45) is 0. The molecule has 3 rings (SSSR count). The van der Waals surface area contributed by atoms with Crippen LogP contribution >= 0.6 is 0 Å². The van der Waals surface area contributed by atoms with Crippen molar-refractivity contribution in [2.45, 2.75) is 24.9 Å². The molecule has 1 amide bonds. The molecule has 0 saturated heterocycles. The predicted octanol–water partition coefficient (Wildman–Crippen LogP) is 2.85. The maximum atomic E-state index is 12.9. The maximum Gasteiger partial charge on any atom is 0.268 e. The number of nitrogens with one attached hydrogen (secondary N) is 1. The summed E-state index contributed by atoms with van der Waals surface area (Å²) in [7, 11) is 1.04. The number of amides is 1. The molecule has 0 fully saturated rings. The molecule has 0 radical (unpaired) electrons. The molecule has 29 heavy (non-hydrogen) atoms. The number of aromatic nitrogens is 1. The standard InChI is InChI=1S/C21H25N3O4S/c1-5-24-18-11-10-17(29(26,27)23(2)3)12-16(18)13-19(24)21(25)22-14-15-8-6-7-9-20(15)28-4/h6-13H,5,14H2,1-4H3,(H,22,25). The number of hydrogen-bond donors (Lipinski definition) is 1. The van der Waals surface area contributed by atoms with Crippen molar-refractivity contribution in [2.24, 2.45) is 0 Å². The van der Waals surface area contributed by atoms with E-state index in [-0.39, 0.29) is 10.8 Å². The van der Waals surface area contributed by atoms with Crippen LogP contribution in [0.5, 0.6) is 5.75 Å². The smallest absolute Gasteiger partial charge is 0.268 e. The quantitative estimate of drug-likeness (QED) is 0.643. The first kappa shape index (κ1) is 20.9. The number of hydrogen-bond acceptors (Lipinski definition) is 4. The molecule has 0 atom stereocenters. The van der Waals surface area contributed by atoms with Gasteiger partial charge in [-0.2, -0.15) is 0 Å². The molecule has 3 aromatic rings. The van der Waals surface area contributed by atoms with E-state index in [0.29, 0.717) is 29.9 Å². The lowest BCUT2D eigenvalue weighted by atomic mass is 10.2. The van der Waals surface area contributed by atoms with Crippen molar-refractivity contribution in [1.29, 1.82) is 0 Å². The maximum absolute atomic E-state index is 12.9. The van der Waals surface area contributed by atoms with Crippen LogP contribution in [0.3, 0.4) is 0 Å². The molecule has 1 aromatic heterocycles. The first-order valence-electron chi connectivity index (χ1n) is 9.25. The summed E-state index contributed by atoms with van der Waals surface area (Å²) in [5.41, 5.74) is 2.17. The minimum Gasteiger partial charge on any atom is -0.496 e. The third-order valence-electron chi connectivity index (χ3n) is 4.83. The second-order valence-corrected chi connectivity index (χ2v) is 8.93. The zero-order valence-corrected chi connectivity index (χ0v) is 17.8. The highest BCUT2D eigenvalue weighted by Gasteiger charge is 2.20. The van der Waals surface area contributed by atoms with Gasteiger partial charge in [0.05, 0.1) is 12.0 Å². The molecule has 7 nitrogen and oxygen atoms in total. The molecule has 2 aromatic carbocycles. The van der Waals surface area contributed by atoms with E-state index in [4.69, 9.17) is 4.74 Å². The van der Waals surface area contributed by atoms with Gasteiger partial charge in [0, 0.05) is 43.7 Å². The molecule has 0 aliphatic heterocycles. The van der Waals surface area contributed by atoms with E-state index < -0.39 is 10.0 Å². The summed E-state index contributed by atoms with van der Waals surface area (Å²) in [6.45, 7) is 2.86. The minimum atomic E-state index is -3.54. The van der Waals surface area contributed by atoms with Crippen LogP contribution in [0.25, 0.3) is 10.9 Å². The number of rotatable bonds is 7. The summed E-state index contributed by atoms with van der Waals surface area (Å²) in [5, 5.41) is 3.63. The zero-order valence-electron chi connectivity index (χ0n) is 17.0. The van der Waals surface area contributed by atoms with Crippen LogP contribution in [-0.4, -0.2) is 44.4 Å². The third-order valence-corrected chi connectivity index (χ3v) is 6.64. The topological polar surface area (TPSA) is 80.6 Å². The number of methoxy groups -OCH3 is 1.